The fourth-order valence-corrected chi connectivity index (χ4v) is 12.4. The number of ether oxygens (including phenoxy) is 1. The van der Waals surface area contributed by atoms with Gasteiger partial charge >= 0.3 is 23.9 Å². The van der Waals surface area contributed by atoms with E-state index in [-0.39, 0.29) is 25.7 Å². The zero-order valence-corrected chi connectivity index (χ0v) is 56.5. The van der Waals surface area contributed by atoms with E-state index in [1.165, 1.54) is 57.8 Å². The molecule has 0 bridgehead atoms. The third-order valence-corrected chi connectivity index (χ3v) is 18.0. The normalized spacial score (nSPS) is 13.8. The average Bonchev–Trinajstić information content (AvgIpc) is 3.59. The highest BCUT2D eigenvalue weighted by Crippen LogP contribution is 2.43. The summed E-state index contributed by atoms with van der Waals surface area (Å²) >= 11 is 0. The molecule has 0 aliphatic carbocycles. The van der Waals surface area contributed by atoms with Crippen LogP contribution in [0.2, 0.25) is 0 Å². The van der Waals surface area contributed by atoms with Gasteiger partial charge < -0.3 is 40.5 Å². The molecule has 0 saturated heterocycles. The topological polar surface area (TPSA) is 219 Å². The van der Waals surface area contributed by atoms with Crippen LogP contribution in [0.3, 0.4) is 0 Å². The van der Waals surface area contributed by atoms with Crippen molar-refractivity contribution in [2.24, 2.45) is 0 Å². The first-order valence-corrected chi connectivity index (χ1v) is 37.0. The van der Waals surface area contributed by atoms with E-state index in [2.05, 4.69) is 48.6 Å². The summed E-state index contributed by atoms with van der Waals surface area (Å²) in [4.78, 5) is 42.9. The van der Waals surface area contributed by atoms with E-state index >= 15 is 0 Å². The van der Waals surface area contributed by atoms with Crippen LogP contribution in [-0.4, -0.2) is 90.1 Å². The van der Waals surface area contributed by atoms with E-state index in [0.29, 0.717) is 25.9 Å². The Hall–Kier alpha value is -3.32. The number of rotatable bonds is 72. The molecule has 0 saturated carbocycles. The fraction of sp³-hybridized carbons (Fsp3) is 0.842. The van der Waals surface area contributed by atoms with Gasteiger partial charge in [-0.05, 0) is 154 Å². The van der Waals surface area contributed by atoms with Crippen LogP contribution < -0.4 is 0 Å². The number of unbranched alkanes of at least 4 members (excludes halogenated alkanes) is 44. The molecule has 7 N–H and O–H groups in total. The molecule has 0 unspecified atom stereocenters. The van der Waals surface area contributed by atoms with Crippen molar-refractivity contribution in [3.63, 3.8) is 0 Å². The van der Waals surface area contributed by atoms with E-state index in [0.717, 1.165) is 276 Å². The van der Waals surface area contributed by atoms with E-state index in [1.54, 1.807) is 0 Å². The lowest BCUT2D eigenvalue weighted by atomic mass is 9.69. The molecule has 0 aromatic rings. The van der Waals surface area contributed by atoms with Gasteiger partial charge in [0.05, 0.1) is 12.2 Å². The Labute approximate surface area is 539 Å². The third-order valence-electron chi connectivity index (χ3n) is 18.0. The predicted octanol–water partition coefficient (Wildman–Crippen LogP) is 21.4. The van der Waals surface area contributed by atoms with Gasteiger partial charge in [0.25, 0.3) is 0 Å². The number of hydrogen-bond donors (Lipinski definition) is 7. The largest absolute Gasteiger partial charge is 0.481 e. The Morgan fingerprint density at radius 2 is 0.477 bits per heavy atom. The van der Waals surface area contributed by atoms with Crippen molar-refractivity contribution >= 4 is 23.9 Å². The van der Waals surface area contributed by atoms with Crippen LogP contribution >= 0.6 is 0 Å². The maximum Gasteiger partial charge on any atom is 0.303 e. The minimum atomic E-state index is -1.57. The van der Waals surface area contributed by atoms with Crippen molar-refractivity contribution in [1.82, 2.24) is 0 Å². The Morgan fingerprint density at radius 3 is 0.705 bits per heavy atom. The number of carboxylic acids is 4. The number of hydrogen-bond acceptors (Lipinski definition) is 8. The van der Waals surface area contributed by atoms with Crippen molar-refractivity contribution in [2.75, 3.05) is 13.2 Å². The second-order valence-corrected chi connectivity index (χ2v) is 26.0. The first kappa shape index (κ1) is 84.7. The summed E-state index contributed by atoms with van der Waals surface area (Å²) in [6, 6.07) is 0. The standard InChI is InChI=1S/C76H138O12/c77-69-70(78)76(87,67-59-51-43-35-27-19-11-3-7-15-23-31-39-47-55-63-73(83)84)75(65-57-49-41-33-25-17-9-1-5-13-21-29-37-45-53-61-71(79)80,66-58-50-42-34-26-18-10-2-6-14-22-30-38-46-54-62-72(81)82)88-68-60-52-44-36-28-20-12-4-8-16-24-32-40-48-56-64-74(85)86/h1-8,70,77-78,87H,9-69H2,(H,79,80)(H,81,82)(H,83,84)(H,85,86)/t70-,75?,76-/m1/s1. The summed E-state index contributed by atoms with van der Waals surface area (Å²) in [5, 5.41) is 71.0. The second kappa shape index (κ2) is 65.2. The number of aliphatic carboxylic acids is 4. The molecular weight excluding hydrogens is 1100 g/mol. The second-order valence-electron chi connectivity index (χ2n) is 26.0. The molecule has 2 atom stereocenters. The van der Waals surface area contributed by atoms with Crippen LogP contribution in [-0.2, 0) is 23.9 Å². The molecule has 88 heavy (non-hydrogen) atoms. The summed E-state index contributed by atoms with van der Waals surface area (Å²) in [7, 11) is 0. The summed E-state index contributed by atoms with van der Waals surface area (Å²) in [5.74, 6) is -2.81. The van der Waals surface area contributed by atoms with Gasteiger partial charge in [0.15, 0.2) is 0 Å². The van der Waals surface area contributed by atoms with Crippen LogP contribution in [0.4, 0.5) is 0 Å². The highest BCUT2D eigenvalue weighted by atomic mass is 16.5. The minimum Gasteiger partial charge on any atom is -0.481 e. The minimum absolute atomic E-state index is 0.272. The summed E-state index contributed by atoms with van der Waals surface area (Å²) < 4.78 is 7.16. The van der Waals surface area contributed by atoms with E-state index in [4.69, 9.17) is 25.2 Å². The molecule has 0 heterocycles. The lowest BCUT2D eigenvalue weighted by molar-refractivity contribution is -0.242. The van der Waals surface area contributed by atoms with Gasteiger partial charge in [-0.25, -0.2) is 0 Å². The molecule has 0 aliphatic heterocycles. The Morgan fingerprint density at radius 1 is 0.284 bits per heavy atom. The van der Waals surface area contributed by atoms with Crippen molar-refractivity contribution in [3.8, 4) is 0 Å². The van der Waals surface area contributed by atoms with Crippen LogP contribution in [0.1, 0.15) is 379 Å². The number of aliphatic hydroxyl groups excluding tert-OH is 2. The highest BCUT2D eigenvalue weighted by Gasteiger charge is 2.54. The highest BCUT2D eigenvalue weighted by molar-refractivity contribution is 5.67. The number of aliphatic hydroxyl groups is 3. The van der Waals surface area contributed by atoms with Gasteiger partial charge in [0.1, 0.15) is 11.7 Å². The average molecular weight is 1240 g/mol. The molecule has 0 spiro atoms. The van der Waals surface area contributed by atoms with Crippen LogP contribution in [0, 0.1) is 0 Å². The molecule has 12 nitrogen and oxygen atoms in total. The summed E-state index contributed by atoms with van der Waals surface area (Å²) in [5.41, 5.74) is -2.53. The number of carboxylic acid groups (broad SMARTS) is 4. The molecule has 514 valence electrons. The summed E-state index contributed by atoms with van der Waals surface area (Å²) in [6.07, 6.45) is 75.7. The lowest BCUT2D eigenvalue weighted by Gasteiger charge is -2.50. The number of carbonyl (C=O) groups is 4. The van der Waals surface area contributed by atoms with Crippen molar-refractivity contribution in [2.45, 2.75) is 396 Å². The Kier molecular flexibility index (Phi) is 62.7. The molecular formula is C76H138O12. The van der Waals surface area contributed by atoms with E-state index in [1.807, 2.05) is 0 Å². The molecule has 12 heteroatoms. The van der Waals surface area contributed by atoms with Crippen molar-refractivity contribution in [1.29, 1.82) is 0 Å². The van der Waals surface area contributed by atoms with Gasteiger partial charge in [0, 0.05) is 32.3 Å². The molecule has 0 amide bonds. The Bertz CT molecular complexity index is 1640. The van der Waals surface area contributed by atoms with Crippen LogP contribution in [0.15, 0.2) is 48.6 Å². The molecule has 0 aromatic carbocycles. The molecule has 0 rings (SSSR count). The first-order valence-electron chi connectivity index (χ1n) is 37.0. The fourth-order valence-electron chi connectivity index (χ4n) is 12.4. The maximum absolute atomic E-state index is 13.1. The van der Waals surface area contributed by atoms with E-state index in [9.17, 15) is 34.5 Å². The SMILES string of the molecule is O=C(O)CCCCCCCC=CCCCCCCCCOC(CCCCCCCCC=CCCCCCCCC(=O)O)(CCCCCCCCC=CCCCCCCCC(=O)O)[C@@](O)(CCCCCCCCC=CCCCCCCCC(=O)O)[C@H](O)CO. The van der Waals surface area contributed by atoms with Gasteiger partial charge in [-0.1, -0.05) is 248 Å². The quantitative estimate of drug-likeness (QED) is 0.0223. The predicted molar refractivity (Wildman–Crippen MR) is 366 cm³/mol. The van der Waals surface area contributed by atoms with Gasteiger partial charge in [0.2, 0.25) is 0 Å². The van der Waals surface area contributed by atoms with Gasteiger partial charge in [-0.3, -0.25) is 19.2 Å². The Balaban J connectivity index is 5.68. The smallest absolute Gasteiger partial charge is 0.303 e. The molecule has 0 radical (unpaired) electrons. The van der Waals surface area contributed by atoms with Crippen LogP contribution in [0.5, 0.6) is 0 Å². The summed E-state index contributed by atoms with van der Waals surface area (Å²) in [6.45, 7) is 0.0335. The molecule has 0 fully saturated rings. The van der Waals surface area contributed by atoms with Crippen molar-refractivity contribution < 1.29 is 59.7 Å². The van der Waals surface area contributed by atoms with Crippen LogP contribution in [0.25, 0.3) is 0 Å². The number of allylic oxidation sites excluding steroid dienone is 8. The lowest BCUT2D eigenvalue weighted by Crippen LogP contribution is -2.63. The zero-order chi connectivity index (χ0) is 64.4. The first-order chi connectivity index (χ1) is 42.9. The monoisotopic (exact) mass is 1240 g/mol. The van der Waals surface area contributed by atoms with Gasteiger partial charge in [-0.2, -0.15) is 0 Å². The van der Waals surface area contributed by atoms with E-state index < -0.39 is 47.8 Å². The van der Waals surface area contributed by atoms with Gasteiger partial charge in [-0.15, -0.1) is 0 Å². The molecule has 0 aliphatic rings. The maximum atomic E-state index is 13.1. The zero-order valence-electron chi connectivity index (χ0n) is 56.5. The van der Waals surface area contributed by atoms with Crippen molar-refractivity contribution in [3.05, 3.63) is 48.6 Å². The third kappa shape index (κ3) is 56.6. The molecule has 0 aromatic heterocycles.